The van der Waals surface area contributed by atoms with Gasteiger partial charge < -0.3 is 4.74 Å². The zero-order chi connectivity index (χ0) is 11.4. The number of halogens is 1. The van der Waals surface area contributed by atoms with Crippen molar-refractivity contribution in [3.05, 3.63) is 29.1 Å². The van der Waals surface area contributed by atoms with Gasteiger partial charge in [-0.15, -0.1) is 0 Å². The second-order valence-corrected chi connectivity index (χ2v) is 3.57. The lowest BCUT2D eigenvalue weighted by atomic mass is 10.1. The van der Waals surface area contributed by atoms with Crippen LogP contribution < -0.4 is 0 Å². The minimum Gasteiger partial charge on any atom is -0.383 e. The summed E-state index contributed by atoms with van der Waals surface area (Å²) in [6.07, 6.45) is 1.45. The average molecular weight is 229 g/mol. The van der Waals surface area contributed by atoms with Crippen molar-refractivity contribution in [2.24, 2.45) is 0 Å². The normalized spacial score (nSPS) is 10.3. The highest BCUT2D eigenvalue weighted by Crippen LogP contribution is 2.18. The van der Waals surface area contributed by atoms with Crippen LogP contribution in [0.15, 0.2) is 18.3 Å². The Bertz CT molecular complexity index is 385. The van der Waals surface area contributed by atoms with E-state index in [1.807, 2.05) is 0 Å². The Morgan fingerprint density at radius 3 is 2.93 bits per heavy atom. The zero-order valence-corrected chi connectivity index (χ0v) is 9.54. The molecule has 0 amide bonds. The number of rotatable bonds is 5. The van der Waals surface area contributed by atoms with Gasteiger partial charge in [-0.1, -0.05) is 18.2 Å². The van der Waals surface area contributed by atoms with E-state index in [9.17, 15) is 4.79 Å². The van der Waals surface area contributed by atoms with Crippen LogP contribution >= 0.6 is 11.6 Å². The van der Waals surface area contributed by atoms with Crippen molar-refractivity contribution in [1.82, 2.24) is 9.78 Å². The van der Waals surface area contributed by atoms with Gasteiger partial charge in [0.05, 0.1) is 24.4 Å². The SMILES string of the molecule is C=C(C)C(=O)c1c(Cl)cnn1CCOC. The molecule has 0 radical (unpaired) electrons. The number of methoxy groups -OCH3 is 1. The summed E-state index contributed by atoms with van der Waals surface area (Å²) in [4.78, 5) is 11.7. The summed E-state index contributed by atoms with van der Waals surface area (Å²) >= 11 is 5.88. The Labute approximate surface area is 93.5 Å². The second kappa shape index (κ2) is 5.09. The van der Waals surface area contributed by atoms with Gasteiger partial charge in [-0.25, -0.2) is 0 Å². The molecular weight excluding hydrogens is 216 g/mol. The predicted octanol–water partition coefficient (Wildman–Crippen LogP) is 1.94. The maximum absolute atomic E-state index is 11.7. The van der Waals surface area contributed by atoms with E-state index in [-0.39, 0.29) is 5.78 Å². The van der Waals surface area contributed by atoms with Crippen LogP contribution in [0.3, 0.4) is 0 Å². The Kier molecular flexibility index (Phi) is 4.05. The molecule has 0 fully saturated rings. The third kappa shape index (κ3) is 2.67. The fourth-order valence-electron chi connectivity index (χ4n) is 1.14. The highest BCUT2D eigenvalue weighted by Gasteiger charge is 2.17. The monoisotopic (exact) mass is 228 g/mol. The van der Waals surface area contributed by atoms with E-state index in [4.69, 9.17) is 16.3 Å². The average Bonchev–Trinajstić information content (AvgIpc) is 2.55. The molecule has 0 spiro atoms. The van der Waals surface area contributed by atoms with E-state index in [1.165, 1.54) is 10.9 Å². The minimum absolute atomic E-state index is 0.186. The summed E-state index contributed by atoms with van der Waals surface area (Å²) in [6, 6.07) is 0. The summed E-state index contributed by atoms with van der Waals surface area (Å²) in [7, 11) is 1.59. The fraction of sp³-hybridized carbons (Fsp3) is 0.400. The van der Waals surface area contributed by atoms with E-state index < -0.39 is 0 Å². The van der Waals surface area contributed by atoms with E-state index >= 15 is 0 Å². The van der Waals surface area contributed by atoms with Crippen molar-refractivity contribution in [3.8, 4) is 0 Å². The Hall–Kier alpha value is -1.13. The lowest BCUT2D eigenvalue weighted by Gasteiger charge is -2.06. The number of aromatic nitrogens is 2. The lowest BCUT2D eigenvalue weighted by molar-refractivity contribution is 0.102. The number of hydrogen-bond acceptors (Lipinski definition) is 3. The van der Waals surface area contributed by atoms with Crippen LogP contribution in [0, 0.1) is 0 Å². The molecule has 1 aromatic rings. The van der Waals surface area contributed by atoms with Crippen molar-refractivity contribution in [3.63, 3.8) is 0 Å². The Morgan fingerprint density at radius 2 is 2.40 bits per heavy atom. The number of hydrogen-bond donors (Lipinski definition) is 0. The fourth-order valence-corrected chi connectivity index (χ4v) is 1.36. The van der Waals surface area contributed by atoms with E-state index in [1.54, 1.807) is 14.0 Å². The summed E-state index contributed by atoms with van der Waals surface area (Å²) in [6.45, 7) is 6.22. The molecule has 0 atom stereocenters. The molecule has 5 heteroatoms. The summed E-state index contributed by atoms with van der Waals surface area (Å²) in [5.41, 5.74) is 0.817. The molecule has 0 unspecified atom stereocenters. The molecule has 0 aliphatic carbocycles. The molecule has 0 saturated carbocycles. The quantitative estimate of drug-likeness (QED) is 0.572. The molecular formula is C10H13ClN2O2. The molecule has 1 rings (SSSR count). The maximum atomic E-state index is 11.7. The van der Waals surface area contributed by atoms with Crippen LogP contribution in [0.5, 0.6) is 0 Å². The number of ketones is 1. The van der Waals surface area contributed by atoms with Gasteiger partial charge in [-0.3, -0.25) is 9.48 Å². The molecule has 15 heavy (non-hydrogen) atoms. The maximum Gasteiger partial charge on any atom is 0.207 e. The van der Waals surface area contributed by atoms with Gasteiger partial charge in [0.2, 0.25) is 5.78 Å². The van der Waals surface area contributed by atoms with Crippen LogP contribution in [0.4, 0.5) is 0 Å². The summed E-state index contributed by atoms with van der Waals surface area (Å²) in [5.74, 6) is -0.186. The van der Waals surface area contributed by atoms with Crippen LogP contribution in [-0.4, -0.2) is 29.3 Å². The predicted molar refractivity (Wildman–Crippen MR) is 58.3 cm³/mol. The van der Waals surface area contributed by atoms with Gasteiger partial charge in [-0.2, -0.15) is 5.10 Å². The third-order valence-corrected chi connectivity index (χ3v) is 2.18. The third-order valence-electron chi connectivity index (χ3n) is 1.90. The summed E-state index contributed by atoms with van der Waals surface area (Å²) in [5, 5.41) is 4.35. The largest absolute Gasteiger partial charge is 0.383 e. The molecule has 0 saturated heterocycles. The van der Waals surface area contributed by atoms with Gasteiger partial charge in [0, 0.05) is 7.11 Å². The molecule has 0 aromatic carbocycles. The first-order chi connectivity index (χ1) is 7.07. The smallest absolute Gasteiger partial charge is 0.207 e. The summed E-state index contributed by atoms with van der Waals surface area (Å²) < 4.78 is 6.44. The van der Waals surface area contributed by atoms with Crippen molar-refractivity contribution in [2.75, 3.05) is 13.7 Å². The van der Waals surface area contributed by atoms with Gasteiger partial charge in [0.25, 0.3) is 0 Å². The van der Waals surface area contributed by atoms with E-state index in [0.29, 0.717) is 29.4 Å². The number of Topliss-reactive ketones (excluding diaryl/α,β-unsaturated/α-hetero) is 1. The first-order valence-corrected chi connectivity index (χ1v) is 4.86. The van der Waals surface area contributed by atoms with Crippen LogP contribution in [0.1, 0.15) is 17.4 Å². The zero-order valence-electron chi connectivity index (χ0n) is 8.79. The number of ether oxygens (including phenoxy) is 1. The van der Waals surface area contributed by atoms with Gasteiger partial charge in [0.1, 0.15) is 5.69 Å². The van der Waals surface area contributed by atoms with Gasteiger partial charge in [-0.05, 0) is 12.5 Å². The highest BCUT2D eigenvalue weighted by molar-refractivity contribution is 6.34. The van der Waals surface area contributed by atoms with E-state index in [0.717, 1.165) is 0 Å². The van der Waals surface area contributed by atoms with Gasteiger partial charge in [0.15, 0.2) is 0 Å². The van der Waals surface area contributed by atoms with Crippen molar-refractivity contribution < 1.29 is 9.53 Å². The Morgan fingerprint density at radius 1 is 1.73 bits per heavy atom. The molecule has 0 aliphatic heterocycles. The minimum atomic E-state index is -0.186. The lowest BCUT2D eigenvalue weighted by Crippen LogP contribution is -2.14. The molecule has 4 nitrogen and oxygen atoms in total. The molecule has 1 heterocycles. The van der Waals surface area contributed by atoms with E-state index in [2.05, 4.69) is 11.7 Å². The first kappa shape index (κ1) is 11.9. The second-order valence-electron chi connectivity index (χ2n) is 3.17. The van der Waals surface area contributed by atoms with Crippen LogP contribution in [-0.2, 0) is 11.3 Å². The molecule has 82 valence electrons. The molecule has 1 aromatic heterocycles. The van der Waals surface area contributed by atoms with Crippen LogP contribution in [0.25, 0.3) is 0 Å². The van der Waals surface area contributed by atoms with Crippen molar-refractivity contribution in [1.29, 1.82) is 0 Å². The number of allylic oxidation sites excluding steroid dienone is 1. The highest BCUT2D eigenvalue weighted by atomic mass is 35.5. The van der Waals surface area contributed by atoms with Crippen molar-refractivity contribution >= 4 is 17.4 Å². The number of carbonyl (C=O) groups is 1. The molecule has 0 aliphatic rings. The topological polar surface area (TPSA) is 44.1 Å². The number of carbonyl (C=O) groups excluding carboxylic acids is 1. The molecule has 0 N–H and O–H groups in total. The van der Waals surface area contributed by atoms with Crippen molar-refractivity contribution in [2.45, 2.75) is 13.5 Å². The van der Waals surface area contributed by atoms with Gasteiger partial charge >= 0.3 is 0 Å². The first-order valence-electron chi connectivity index (χ1n) is 4.48. The number of nitrogens with zero attached hydrogens (tertiary/aromatic N) is 2. The molecule has 0 bridgehead atoms. The van der Waals surface area contributed by atoms with Crippen LogP contribution in [0.2, 0.25) is 5.02 Å². The standard InChI is InChI=1S/C10H13ClN2O2/c1-7(2)10(14)9-8(11)6-12-13(9)4-5-15-3/h6H,1,4-5H2,2-3H3. The Balaban J connectivity index is 2.98.